The van der Waals surface area contributed by atoms with Crippen molar-refractivity contribution in [2.45, 2.75) is 84.8 Å². The lowest BCUT2D eigenvalue weighted by Crippen LogP contribution is -2.66. The number of esters is 2. The van der Waals surface area contributed by atoms with Crippen LogP contribution in [0.25, 0.3) is 0 Å². The Balaban J connectivity index is 2.28. The number of β-lactam (4-membered cyclic amide) rings is 1. The molecular formula is C26H39NO6Si. The Bertz CT molecular complexity index is 930. The first kappa shape index (κ1) is 27.8. The molecule has 1 heterocycles. The van der Waals surface area contributed by atoms with Crippen LogP contribution in [0.5, 0.6) is 0 Å². The minimum atomic E-state index is -2.16. The summed E-state index contributed by atoms with van der Waals surface area (Å²) in [5.41, 5.74) is 1.69. The van der Waals surface area contributed by atoms with Crippen LogP contribution in [-0.2, 0) is 34.9 Å². The van der Waals surface area contributed by atoms with Crippen LogP contribution < -0.4 is 0 Å². The first-order chi connectivity index (χ1) is 15.7. The second-order valence-electron chi connectivity index (χ2n) is 10.6. The SMILES string of the molecule is COC(=O)C(=C(C)C)N1C(=O)[C@H]([C@@H](C)O[Si](C)(C)C(C)(C)C)[C@H]1CC(=O)OCc1ccccc1. The molecule has 0 radical (unpaired) electrons. The van der Waals surface area contributed by atoms with E-state index in [0.717, 1.165) is 5.56 Å². The third kappa shape index (κ3) is 6.15. The Hall–Kier alpha value is -2.45. The van der Waals surface area contributed by atoms with Gasteiger partial charge in [0, 0.05) is 0 Å². The van der Waals surface area contributed by atoms with E-state index in [4.69, 9.17) is 13.9 Å². The van der Waals surface area contributed by atoms with Crippen LogP contribution in [0.15, 0.2) is 41.6 Å². The smallest absolute Gasteiger partial charge is 0.354 e. The molecule has 0 saturated carbocycles. The highest BCUT2D eigenvalue weighted by molar-refractivity contribution is 6.74. The molecule has 34 heavy (non-hydrogen) atoms. The zero-order valence-corrected chi connectivity index (χ0v) is 22.9. The maximum Gasteiger partial charge on any atom is 0.354 e. The lowest BCUT2D eigenvalue weighted by atomic mass is 9.80. The van der Waals surface area contributed by atoms with Gasteiger partial charge in [0.05, 0.1) is 31.6 Å². The van der Waals surface area contributed by atoms with Gasteiger partial charge in [-0.2, -0.15) is 0 Å². The number of likely N-dealkylation sites (tertiary alicyclic amines) is 1. The van der Waals surface area contributed by atoms with Crippen LogP contribution in [0.1, 0.15) is 53.5 Å². The monoisotopic (exact) mass is 489 g/mol. The van der Waals surface area contributed by atoms with E-state index in [1.807, 2.05) is 37.3 Å². The summed E-state index contributed by atoms with van der Waals surface area (Å²) in [7, 11) is -0.885. The number of methoxy groups -OCH3 is 1. The molecular weight excluding hydrogens is 450 g/mol. The number of nitrogens with zero attached hydrogens (tertiary/aromatic N) is 1. The number of hydrogen-bond donors (Lipinski definition) is 0. The van der Waals surface area contributed by atoms with Gasteiger partial charge in [0.25, 0.3) is 0 Å². The Morgan fingerprint density at radius 2 is 1.71 bits per heavy atom. The molecule has 0 aliphatic carbocycles. The molecule has 1 aliphatic heterocycles. The average Bonchev–Trinajstić information content (AvgIpc) is 2.74. The molecule has 0 N–H and O–H groups in total. The van der Waals surface area contributed by atoms with Crippen molar-refractivity contribution in [3.05, 3.63) is 47.2 Å². The van der Waals surface area contributed by atoms with E-state index in [2.05, 4.69) is 33.9 Å². The van der Waals surface area contributed by atoms with Crippen molar-refractivity contribution in [1.29, 1.82) is 0 Å². The van der Waals surface area contributed by atoms with Gasteiger partial charge in [0.2, 0.25) is 5.91 Å². The van der Waals surface area contributed by atoms with Gasteiger partial charge in [0.15, 0.2) is 8.32 Å². The molecule has 1 aromatic carbocycles. The molecule has 188 valence electrons. The van der Waals surface area contributed by atoms with Crippen LogP contribution in [-0.4, -0.2) is 50.3 Å². The molecule has 8 heteroatoms. The summed E-state index contributed by atoms with van der Waals surface area (Å²) in [5.74, 6) is -1.84. The van der Waals surface area contributed by atoms with Gasteiger partial charge in [-0.1, -0.05) is 51.1 Å². The fourth-order valence-corrected chi connectivity index (χ4v) is 5.33. The highest BCUT2D eigenvalue weighted by Crippen LogP contribution is 2.42. The normalized spacial score (nSPS) is 19.2. The van der Waals surface area contributed by atoms with Gasteiger partial charge in [-0.15, -0.1) is 0 Å². The highest BCUT2D eigenvalue weighted by atomic mass is 28.4. The summed E-state index contributed by atoms with van der Waals surface area (Å²) in [6.07, 6.45) is -0.449. The fraction of sp³-hybridized carbons (Fsp3) is 0.577. The molecule has 2 rings (SSSR count). The van der Waals surface area contributed by atoms with Crippen LogP contribution in [0.2, 0.25) is 18.1 Å². The number of allylic oxidation sites excluding steroid dienone is 1. The predicted molar refractivity (Wildman–Crippen MR) is 133 cm³/mol. The molecule has 1 aromatic rings. The van der Waals surface area contributed by atoms with Gasteiger partial charge < -0.3 is 18.8 Å². The van der Waals surface area contributed by atoms with E-state index in [-0.39, 0.29) is 29.7 Å². The second kappa shape index (κ2) is 10.9. The quantitative estimate of drug-likeness (QED) is 0.214. The number of benzene rings is 1. The van der Waals surface area contributed by atoms with Crippen molar-refractivity contribution in [2.24, 2.45) is 5.92 Å². The van der Waals surface area contributed by atoms with Crippen LogP contribution in [0, 0.1) is 5.92 Å². The number of amides is 1. The van der Waals surface area contributed by atoms with Gasteiger partial charge in [-0.25, -0.2) is 4.79 Å². The fourth-order valence-electron chi connectivity index (χ4n) is 3.90. The van der Waals surface area contributed by atoms with E-state index in [1.165, 1.54) is 12.0 Å². The van der Waals surface area contributed by atoms with E-state index < -0.39 is 38.3 Å². The van der Waals surface area contributed by atoms with Crippen molar-refractivity contribution in [1.82, 2.24) is 4.90 Å². The lowest BCUT2D eigenvalue weighted by Gasteiger charge is -2.51. The highest BCUT2D eigenvalue weighted by Gasteiger charge is 2.55. The van der Waals surface area contributed by atoms with Crippen LogP contribution in [0.4, 0.5) is 0 Å². The zero-order chi connectivity index (χ0) is 25.8. The lowest BCUT2D eigenvalue weighted by molar-refractivity contribution is -0.168. The maximum absolute atomic E-state index is 13.3. The number of carbonyl (C=O) groups excluding carboxylic acids is 3. The van der Waals surface area contributed by atoms with Crippen molar-refractivity contribution in [2.75, 3.05) is 7.11 Å². The second-order valence-corrected chi connectivity index (χ2v) is 15.3. The topological polar surface area (TPSA) is 82.1 Å². The van der Waals surface area contributed by atoms with Crippen molar-refractivity contribution in [3.63, 3.8) is 0 Å². The minimum absolute atomic E-state index is 0.0328. The Kier molecular flexibility index (Phi) is 8.88. The van der Waals surface area contributed by atoms with Crippen molar-refractivity contribution in [3.8, 4) is 0 Å². The molecule has 1 aliphatic rings. The van der Waals surface area contributed by atoms with E-state index in [0.29, 0.717) is 5.57 Å². The first-order valence-corrected chi connectivity index (χ1v) is 14.6. The van der Waals surface area contributed by atoms with Crippen molar-refractivity contribution < 1.29 is 28.3 Å². The Morgan fingerprint density at radius 1 is 1.12 bits per heavy atom. The van der Waals surface area contributed by atoms with Gasteiger partial charge in [0.1, 0.15) is 12.3 Å². The third-order valence-corrected chi connectivity index (χ3v) is 11.3. The summed E-state index contributed by atoms with van der Waals surface area (Å²) >= 11 is 0. The van der Waals surface area contributed by atoms with Crippen LogP contribution in [0.3, 0.4) is 0 Å². The molecule has 1 amide bonds. The Labute approximate surface area is 204 Å². The summed E-state index contributed by atoms with van der Waals surface area (Å²) in [5, 5.41) is -0.0328. The summed E-state index contributed by atoms with van der Waals surface area (Å²) < 4.78 is 16.9. The zero-order valence-electron chi connectivity index (χ0n) is 21.9. The van der Waals surface area contributed by atoms with Gasteiger partial charge in [-0.3, -0.25) is 9.59 Å². The molecule has 0 aromatic heterocycles. The van der Waals surface area contributed by atoms with E-state index in [9.17, 15) is 14.4 Å². The summed E-state index contributed by atoms with van der Waals surface area (Å²) in [4.78, 5) is 40.0. The molecule has 0 spiro atoms. The standard InChI is InChI=1S/C26H39NO6Si/c1-17(2)23(25(30)31-7)27-20(15-21(28)32-16-19-13-11-10-12-14-19)22(24(27)29)18(3)33-34(8,9)26(4,5)6/h10-14,18,20,22H,15-16H2,1-9H3/t18-,20-,22-/m1/s1. The third-order valence-electron chi connectivity index (χ3n) is 6.77. The molecule has 1 saturated heterocycles. The maximum atomic E-state index is 13.3. The first-order valence-electron chi connectivity index (χ1n) is 11.7. The molecule has 1 fully saturated rings. The number of ether oxygens (including phenoxy) is 2. The summed E-state index contributed by atoms with van der Waals surface area (Å²) in [6.45, 7) is 16.2. The van der Waals surface area contributed by atoms with Gasteiger partial charge >= 0.3 is 11.9 Å². The molecule has 0 bridgehead atoms. The van der Waals surface area contributed by atoms with E-state index in [1.54, 1.807) is 13.8 Å². The summed E-state index contributed by atoms with van der Waals surface area (Å²) in [6, 6.07) is 8.85. The molecule has 3 atom stereocenters. The minimum Gasteiger partial charge on any atom is -0.464 e. The largest absolute Gasteiger partial charge is 0.464 e. The predicted octanol–water partition coefficient (Wildman–Crippen LogP) is 4.82. The van der Waals surface area contributed by atoms with Gasteiger partial charge in [-0.05, 0) is 50.0 Å². The van der Waals surface area contributed by atoms with Crippen LogP contribution >= 0.6 is 0 Å². The number of carbonyl (C=O) groups is 3. The molecule has 7 nitrogen and oxygen atoms in total. The average molecular weight is 490 g/mol. The molecule has 0 unspecified atom stereocenters. The van der Waals surface area contributed by atoms with Crippen molar-refractivity contribution >= 4 is 26.2 Å². The number of rotatable bonds is 9. The number of hydrogen-bond acceptors (Lipinski definition) is 6. The Morgan fingerprint density at radius 3 is 2.21 bits per heavy atom. The van der Waals surface area contributed by atoms with E-state index >= 15 is 0 Å².